The molecule has 19 heavy (non-hydrogen) atoms. The van der Waals surface area contributed by atoms with Crippen LogP contribution in [0.2, 0.25) is 0 Å². The van der Waals surface area contributed by atoms with E-state index in [0.717, 1.165) is 22.9 Å². The number of rotatable bonds is 2. The molecule has 0 radical (unpaired) electrons. The molecule has 2 heterocycles. The lowest BCUT2D eigenvalue weighted by atomic mass is 10.0. The summed E-state index contributed by atoms with van der Waals surface area (Å²) >= 11 is 3.45. The minimum absolute atomic E-state index is 0.526. The van der Waals surface area contributed by atoms with Crippen LogP contribution < -0.4 is 9.47 Å². The molecule has 0 fully saturated rings. The van der Waals surface area contributed by atoms with E-state index in [-0.39, 0.29) is 0 Å². The van der Waals surface area contributed by atoms with Gasteiger partial charge in [-0.2, -0.15) is 0 Å². The Kier molecular flexibility index (Phi) is 3.66. The standard InChI is InChI=1S/C14H15BrO4/c15-10-7-9(8-12-14(10)19-6-5-18-12)13(16)11-3-1-2-4-17-11/h3,7-8,13,16H,1-2,4-6H2. The molecule has 1 aromatic carbocycles. The Morgan fingerprint density at radius 1 is 1.11 bits per heavy atom. The highest BCUT2D eigenvalue weighted by Gasteiger charge is 2.22. The zero-order chi connectivity index (χ0) is 13.2. The van der Waals surface area contributed by atoms with Crippen molar-refractivity contribution in [1.82, 2.24) is 0 Å². The molecule has 0 amide bonds. The lowest BCUT2D eigenvalue weighted by Gasteiger charge is -2.23. The van der Waals surface area contributed by atoms with Gasteiger partial charge in [-0.1, -0.05) is 0 Å². The quantitative estimate of drug-likeness (QED) is 0.907. The first-order valence-corrected chi connectivity index (χ1v) is 7.15. The van der Waals surface area contributed by atoms with Gasteiger partial charge >= 0.3 is 0 Å². The molecule has 0 saturated heterocycles. The molecule has 0 saturated carbocycles. The minimum atomic E-state index is -0.757. The Bertz CT molecular complexity index is 512. The first-order valence-electron chi connectivity index (χ1n) is 6.35. The van der Waals surface area contributed by atoms with Crippen molar-refractivity contribution in [3.8, 4) is 11.5 Å². The third kappa shape index (κ3) is 2.58. The first kappa shape index (κ1) is 12.8. The van der Waals surface area contributed by atoms with Crippen molar-refractivity contribution in [2.75, 3.05) is 19.8 Å². The summed E-state index contributed by atoms with van der Waals surface area (Å²) in [4.78, 5) is 0. The number of ether oxygens (including phenoxy) is 3. The molecular weight excluding hydrogens is 312 g/mol. The highest BCUT2D eigenvalue weighted by Crippen LogP contribution is 2.41. The van der Waals surface area contributed by atoms with Gasteiger partial charge in [0.25, 0.3) is 0 Å². The molecule has 0 aliphatic carbocycles. The van der Waals surface area contributed by atoms with Crippen molar-refractivity contribution in [2.24, 2.45) is 0 Å². The molecule has 2 aliphatic heterocycles. The maximum absolute atomic E-state index is 10.4. The number of fused-ring (bicyclic) bond motifs is 1. The van der Waals surface area contributed by atoms with E-state index in [2.05, 4.69) is 15.9 Å². The van der Waals surface area contributed by atoms with E-state index < -0.39 is 6.10 Å². The number of hydrogen-bond acceptors (Lipinski definition) is 4. The molecule has 4 nitrogen and oxygen atoms in total. The van der Waals surface area contributed by atoms with Crippen LogP contribution in [0.5, 0.6) is 11.5 Å². The second-order valence-corrected chi connectivity index (χ2v) is 5.38. The van der Waals surface area contributed by atoms with Crippen LogP contribution in [-0.2, 0) is 4.74 Å². The summed E-state index contributed by atoms with van der Waals surface area (Å²) in [6.45, 7) is 1.73. The van der Waals surface area contributed by atoms with Crippen molar-refractivity contribution in [2.45, 2.75) is 18.9 Å². The number of halogens is 1. The zero-order valence-corrected chi connectivity index (χ0v) is 12.0. The third-order valence-electron chi connectivity index (χ3n) is 3.17. The molecule has 1 aromatic rings. The van der Waals surface area contributed by atoms with Crippen LogP contribution in [0.4, 0.5) is 0 Å². The Morgan fingerprint density at radius 3 is 2.74 bits per heavy atom. The van der Waals surface area contributed by atoms with Gasteiger partial charge < -0.3 is 19.3 Å². The molecule has 3 rings (SSSR count). The monoisotopic (exact) mass is 326 g/mol. The predicted octanol–water partition coefficient (Wildman–Crippen LogP) is 2.95. The molecule has 102 valence electrons. The van der Waals surface area contributed by atoms with E-state index in [1.165, 1.54) is 0 Å². The van der Waals surface area contributed by atoms with E-state index >= 15 is 0 Å². The fourth-order valence-corrected chi connectivity index (χ4v) is 2.79. The Balaban J connectivity index is 1.92. The third-order valence-corrected chi connectivity index (χ3v) is 3.76. The van der Waals surface area contributed by atoms with Crippen LogP contribution in [0, 0.1) is 0 Å². The lowest BCUT2D eigenvalue weighted by Crippen LogP contribution is -2.16. The SMILES string of the molecule is OC(C1=CCCCO1)c1cc(Br)c2c(c1)OCCO2. The highest BCUT2D eigenvalue weighted by atomic mass is 79.9. The molecule has 1 N–H and O–H groups in total. The molecule has 0 bridgehead atoms. The van der Waals surface area contributed by atoms with Gasteiger partial charge in [-0.05, 0) is 52.5 Å². The summed E-state index contributed by atoms with van der Waals surface area (Å²) in [7, 11) is 0. The van der Waals surface area contributed by atoms with Crippen molar-refractivity contribution < 1.29 is 19.3 Å². The van der Waals surface area contributed by atoms with Crippen LogP contribution >= 0.6 is 15.9 Å². The second-order valence-electron chi connectivity index (χ2n) is 4.53. The largest absolute Gasteiger partial charge is 0.495 e. The fraction of sp³-hybridized carbons (Fsp3) is 0.429. The number of allylic oxidation sites excluding steroid dienone is 1. The van der Waals surface area contributed by atoms with Crippen LogP contribution in [0.1, 0.15) is 24.5 Å². The maximum atomic E-state index is 10.4. The lowest BCUT2D eigenvalue weighted by molar-refractivity contribution is 0.0911. The number of hydrogen-bond donors (Lipinski definition) is 1. The topological polar surface area (TPSA) is 47.9 Å². The molecule has 5 heteroatoms. The van der Waals surface area contributed by atoms with Crippen LogP contribution in [0.15, 0.2) is 28.4 Å². The van der Waals surface area contributed by atoms with Crippen molar-refractivity contribution >= 4 is 15.9 Å². The van der Waals surface area contributed by atoms with Gasteiger partial charge in [-0.3, -0.25) is 0 Å². The van der Waals surface area contributed by atoms with Crippen molar-refractivity contribution in [3.63, 3.8) is 0 Å². The average molecular weight is 327 g/mol. The summed E-state index contributed by atoms with van der Waals surface area (Å²) in [6.07, 6.45) is 3.13. The number of benzene rings is 1. The minimum Gasteiger partial charge on any atom is -0.495 e. The second kappa shape index (κ2) is 5.43. The first-order chi connectivity index (χ1) is 9.25. The molecule has 0 spiro atoms. The molecule has 0 aromatic heterocycles. The highest BCUT2D eigenvalue weighted by molar-refractivity contribution is 9.10. The maximum Gasteiger partial charge on any atom is 0.175 e. The summed E-state index contributed by atoms with van der Waals surface area (Å²) in [6, 6.07) is 3.65. The zero-order valence-electron chi connectivity index (χ0n) is 10.4. The van der Waals surface area contributed by atoms with E-state index in [0.29, 0.717) is 37.1 Å². The Morgan fingerprint density at radius 2 is 1.95 bits per heavy atom. The van der Waals surface area contributed by atoms with E-state index in [9.17, 15) is 5.11 Å². The molecular formula is C14H15BrO4. The van der Waals surface area contributed by atoms with Crippen molar-refractivity contribution in [3.05, 3.63) is 34.0 Å². The Hall–Kier alpha value is -1.20. The molecule has 1 atom stereocenters. The van der Waals surface area contributed by atoms with Gasteiger partial charge in [0.1, 0.15) is 25.1 Å². The summed E-state index contributed by atoms with van der Waals surface area (Å²) < 4.78 is 17.4. The Labute approximate surface area is 120 Å². The van der Waals surface area contributed by atoms with E-state index in [1.54, 1.807) is 0 Å². The molecule has 2 aliphatic rings. The van der Waals surface area contributed by atoms with Gasteiger partial charge in [0.2, 0.25) is 0 Å². The smallest absolute Gasteiger partial charge is 0.175 e. The summed E-state index contributed by atoms with van der Waals surface area (Å²) in [5, 5.41) is 10.4. The van der Waals surface area contributed by atoms with Gasteiger partial charge in [-0.25, -0.2) is 0 Å². The van der Waals surface area contributed by atoms with E-state index in [4.69, 9.17) is 14.2 Å². The molecule has 1 unspecified atom stereocenters. The van der Waals surface area contributed by atoms with Crippen LogP contribution in [-0.4, -0.2) is 24.9 Å². The fourth-order valence-electron chi connectivity index (χ4n) is 2.22. The van der Waals surface area contributed by atoms with Gasteiger partial charge in [0.05, 0.1) is 11.1 Å². The normalized spacial score (nSPS) is 19.4. The average Bonchev–Trinajstić information content (AvgIpc) is 2.47. The summed E-state index contributed by atoms with van der Waals surface area (Å²) in [5.74, 6) is 1.97. The van der Waals surface area contributed by atoms with Gasteiger partial charge in [-0.15, -0.1) is 0 Å². The van der Waals surface area contributed by atoms with Crippen molar-refractivity contribution in [1.29, 1.82) is 0 Å². The number of aliphatic hydroxyl groups excluding tert-OH is 1. The summed E-state index contributed by atoms with van der Waals surface area (Å²) in [5.41, 5.74) is 0.740. The van der Waals surface area contributed by atoms with Gasteiger partial charge in [0, 0.05) is 0 Å². The van der Waals surface area contributed by atoms with E-state index in [1.807, 2.05) is 18.2 Å². The van der Waals surface area contributed by atoms with Crippen LogP contribution in [0.25, 0.3) is 0 Å². The van der Waals surface area contributed by atoms with Gasteiger partial charge in [0.15, 0.2) is 11.5 Å². The predicted molar refractivity (Wildman–Crippen MR) is 73.4 cm³/mol. The van der Waals surface area contributed by atoms with Crippen LogP contribution in [0.3, 0.4) is 0 Å². The number of aliphatic hydroxyl groups is 1.